The Hall–Kier alpha value is -0.660. The zero-order chi connectivity index (χ0) is 9.35. The number of allylic oxidation sites excluding steroid dienone is 2. The van der Waals surface area contributed by atoms with Gasteiger partial charge in [-0.1, -0.05) is 6.08 Å². The first kappa shape index (κ1) is 9.43. The molecule has 0 fully saturated rings. The highest BCUT2D eigenvalue weighted by Gasteiger charge is 2.32. The van der Waals surface area contributed by atoms with Crippen LogP contribution in [0.2, 0.25) is 0 Å². The molecule has 0 amide bonds. The first-order valence-corrected chi connectivity index (χ1v) is 4.30. The minimum atomic E-state index is -1.23. The second-order valence-electron chi connectivity index (χ2n) is 4.01. The Bertz CT molecular complexity index is 222. The zero-order valence-corrected chi connectivity index (χ0v) is 7.86. The molecule has 2 heteroatoms. The molecule has 0 aromatic heterocycles. The van der Waals surface area contributed by atoms with Crippen molar-refractivity contribution in [3.05, 3.63) is 11.6 Å². The number of ketones is 1. The number of alkyl halides is 1. The van der Waals surface area contributed by atoms with Crippen LogP contribution < -0.4 is 0 Å². The average Bonchev–Trinajstić information content (AvgIpc) is 1.92. The van der Waals surface area contributed by atoms with E-state index < -0.39 is 5.67 Å². The SMILES string of the molecule is CC1=CCC(C(C)(C)F)CC1=O. The van der Waals surface area contributed by atoms with E-state index in [0.29, 0.717) is 12.8 Å². The minimum Gasteiger partial charge on any atom is -0.295 e. The fourth-order valence-corrected chi connectivity index (χ4v) is 1.42. The van der Waals surface area contributed by atoms with E-state index in [2.05, 4.69) is 0 Å². The number of halogens is 1. The van der Waals surface area contributed by atoms with E-state index in [-0.39, 0.29) is 11.7 Å². The van der Waals surface area contributed by atoms with Crippen LogP contribution in [0.15, 0.2) is 11.6 Å². The third kappa shape index (κ3) is 1.93. The molecule has 0 N–H and O–H groups in total. The predicted octanol–water partition coefficient (Wildman–Crippen LogP) is 2.66. The summed E-state index contributed by atoms with van der Waals surface area (Å²) in [4.78, 5) is 11.2. The third-order valence-electron chi connectivity index (χ3n) is 2.55. The van der Waals surface area contributed by atoms with Gasteiger partial charge in [-0.3, -0.25) is 4.79 Å². The second kappa shape index (κ2) is 3.00. The number of hydrogen-bond acceptors (Lipinski definition) is 1. The van der Waals surface area contributed by atoms with Crippen molar-refractivity contribution < 1.29 is 9.18 Å². The molecule has 0 spiro atoms. The summed E-state index contributed by atoms with van der Waals surface area (Å²) >= 11 is 0. The Morgan fingerprint density at radius 2 is 2.17 bits per heavy atom. The van der Waals surface area contributed by atoms with Gasteiger partial charge in [-0.15, -0.1) is 0 Å². The number of Topliss-reactive ketones (excluding diaryl/α,β-unsaturated/α-hetero) is 1. The summed E-state index contributed by atoms with van der Waals surface area (Å²) < 4.78 is 13.4. The van der Waals surface area contributed by atoms with Crippen molar-refractivity contribution in [2.24, 2.45) is 5.92 Å². The lowest BCUT2D eigenvalue weighted by Crippen LogP contribution is -2.30. The Morgan fingerprint density at radius 3 is 2.58 bits per heavy atom. The average molecular weight is 170 g/mol. The molecule has 0 aromatic carbocycles. The summed E-state index contributed by atoms with van der Waals surface area (Å²) in [5, 5.41) is 0. The summed E-state index contributed by atoms with van der Waals surface area (Å²) in [6.07, 6.45) is 2.91. The van der Waals surface area contributed by atoms with Crippen molar-refractivity contribution in [1.82, 2.24) is 0 Å². The predicted molar refractivity (Wildman–Crippen MR) is 46.7 cm³/mol. The van der Waals surface area contributed by atoms with Gasteiger partial charge in [0.05, 0.1) is 0 Å². The molecule has 12 heavy (non-hydrogen) atoms. The van der Waals surface area contributed by atoms with E-state index in [1.807, 2.05) is 6.08 Å². The summed E-state index contributed by atoms with van der Waals surface area (Å²) in [5.41, 5.74) is -0.442. The highest BCUT2D eigenvalue weighted by Crippen LogP contribution is 2.32. The number of carbonyl (C=O) groups excluding carboxylic acids is 1. The monoisotopic (exact) mass is 170 g/mol. The topological polar surface area (TPSA) is 17.1 Å². The van der Waals surface area contributed by atoms with Crippen molar-refractivity contribution >= 4 is 5.78 Å². The standard InChI is InChI=1S/C10H15FO/c1-7-4-5-8(6-9(7)12)10(2,3)11/h4,8H,5-6H2,1-3H3. The van der Waals surface area contributed by atoms with E-state index in [0.717, 1.165) is 5.57 Å². The van der Waals surface area contributed by atoms with Gasteiger partial charge in [0.2, 0.25) is 0 Å². The fraction of sp³-hybridized carbons (Fsp3) is 0.700. The maximum atomic E-state index is 13.4. The lowest BCUT2D eigenvalue weighted by molar-refractivity contribution is -0.118. The summed E-state index contributed by atoms with van der Waals surface area (Å²) in [6, 6.07) is 0. The molecule has 68 valence electrons. The highest BCUT2D eigenvalue weighted by molar-refractivity contribution is 5.95. The highest BCUT2D eigenvalue weighted by atomic mass is 19.1. The van der Waals surface area contributed by atoms with E-state index in [9.17, 15) is 9.18 Å². The third-order valence-corrected chi connectivity index (χ3v) is 2.55. The molecule has 0 saturated heterocycles. The van der Waals surface area contributed by atoms with Crippen molar-refractivity contribution in [1.29, 1.82) is 0 Å². The quantitative estimate of drug-likeness (QED) is 0.591. The van der Waals surface area contributed by atoms with Crippen molar-refractivity contribution in [3.8, 4) is 0 Å². The maximum absolute atomic E-state index is 13.4. The minimum absolute atomic E-state index is 0.0944. The zero-order valence-electron chi connectivity index (χ0n) is 7.86. The smallest absolute Gasteiger partial charge is 0.158 e. The molecule has 0 aromatic rings. The first-order valence-electron chi connectivity index (χ1n) is 4.30. The van der Waals surface area contributed by atoms with Gasteiger partial charge in [0, 0.05) is 12.3 Å². The van der Waals surface area contributed by atoms with E-state index in [1.165, 1.54) is 0 Å². The first-order chi connectivity index (χ1) is 5.41. The summed E-state index contributed by atoms with van der Waals surface area (Å²) in [5.74, 6) is -0.0364. The summed E-state index contributed by atoms with van der Waals surface area (Å²) in [6.45, 7) is 4.88. The Labute approximate surface area is 72.7 Å². The van der Waals surface area contributed by atoms with E-state index in [4.69, 9.17) is 0 Å². The molecule has 1 aliphatic carbocycles. The van der Waals surface area contributed by atoms with Crippen molar-refractivity contribution in [3.63, 3.8) is 0 Å². The van der Waals surface area contributed by atoms with Gasteiger partial charge in [0.15, 0.2) is 5.78 Å². The van der Waals surface area contributed by atoms with Crippen molar-refractivity contribution in [2.45, 2.75) is 39.3 Å². The van der Waals surface area contributed by atoms with Crippen LogP contribution in [0.25, 0.3) is 0 Å². The molecular weight excluding hydrogens is 155 g/mol. The number of carbonyl (C=O) groups is 1. The van der Waals surface area contributed by atoms with Crippen LogP contribution in [0.1, 0.15) is 33.6 Å². The van der Waals surface area contributed by atoms with Crippen LogP contribution in [0.3, 0.4) is 0 Å². The second-order valence-corrected chi connectivity index (χ2v) is 4.01. The molecule has 1 unspecified atom stereocenters. The molecule has 0 heterocycles. The van der Waals surface area contributed by atoms with Crippen LogP contribution in [0.4, 0.5) is 4.39 Å². The van der Waals surface area contributed by atoms with Gasteiger partial charge >= 0.3 is 0 Å². The van der Waals surface area contributed by atoms with Gasteiger partial charge in [0.25, 0.3) is 0 Å². The Balaban J connectivity index is 2.72. The molecule has 0 saturated carbocycles. The Kier molecular flexibility index (Phi) is 2.36. The molecule has 0 radical (unpaired) electrons. The van der Waals surface area contributed by atoms with Crippen LogP contribution in [0.5, 0.6) is 0 Å². The van der Waals surface area contributed by atoms with E-state index >= 15 is 0 Å². The van der Waals surface area contributed by atoms with Gasteiger partial charge in [0.1, 0.15) is 5.67 Å². The lowest BCUT2D eigenvalue weighted by Gasteiger charge is -2.28. The number of rotatable bonds is 1. The molecule has 1 rings (SSSR count). The molecule has 0 bridgehead atoms. The maximum Gasteiger partial charge on any atom is 0.158 e. The van der Waals surface area contributed by atoms with Gasteiger partial charge < -0.3 is 0 Å². The van der Waals surface area contributed by atoms with Crippen molar-refractivity contribution in [2.75, 3.05) is 0 Å². The largest absolute Gasteiger partial charge is 0.295 e. The molecule has 1 atom stereocenters. The van der Waals surface area contributed by atoms with Crippen LogP contribution in [0, 0.1) is 5.92 Å². The molecule has 1 aliphatic rings. The number of hydrogen-bond donors (Lipinski definition) is 0. The normalized spacial score (nSPS) is 25.5. The molecular formula is C10H15FO. The van der Waals surface area contributed by atoms with Crippen LogP contribution in [-0.4, -0.2) is 11.5 Å². The molecule has 0 aliphatic heterocycles. The van der Waals surface area contributed by atoms with Gasteiger partial charge in [-0.05, 0) is 32.8 Å². The fourth-order valence-electron chi connectivity index (χ4n) is 1.42. The summed E-state index contributed by atoms with van der Waals surface area (Å²) in [7, 11) is 0. The van der Waals surface area contributed by atoms with Gasteiger partial charge in [-0.25, -0.2) is 4.39 Å². The molecule has 1 nitrogen and oxygen atoms in total. The lowest BCUT2D eigenvalue weighted by atomic mass is 9.80. The van der Waals surface area contributed by atoms with Crippen LogP contribution in [-0.2, 0) is 4.79 Å². The Morgan fingerprint density at radius 1 is 1.58 bits per heavy atom. The van der Waals surface area contributed by atoms with Gasteiger partial charge in [-0.2, -0.15) is 0 Å². The van der Waals surface area contributed by atoms with E-state index in [1.54, 1.807) is 20.8 Å². The van der Waals surface area contributed by atoms with Crippen LogP contribution >= 0.6 is 0 Å².